The molecule has 3 aromatic carbocycles. The molecule has 0 aliphatic carbocycles. The Kier molecular flexibility index (Phi) is 5.01. The normalized spacial score (nSPS) is 10.8. The molecule has 3 heteroatoms. The Bertz CT molecular complexity index is 1050. The molecule has 0 saturated carbocycles. The van der Waals surface area contributed by atoms with Crippen LogP contribution in [0.15, 0.2) is 100 Å². The average molecular weight is 355 g/mol. The molecule has 0 aliphatic rings. The van der Waals surface area contributed by atoms with Crippen molar-refractivity contribution >= 4 is 0 Å². The van der Waals surface area contributed by atoms with Gasteiger partial charge in [-0.1, -0.05) is 91.0 Å². The lowest BCUT2D eigenvalue weighted by molar-refractivity contribution is 0.481. The van der Waals surface area contributed by atoms with E-state index in [1.807, 2.05) is 78.9 Å². The third kappa shape index (κ3) is 3.77. The number of rotatable bonds is 6. The summed E-state index contributed by atoms with van der Waals surface area (Å²) >= 11 is 0. The minimum Gasteiger partial charge on any atom is -0.407 e. The Labute approximate surface area is 158 Å². The lowest BCUT2D eigenvalue weighted by Gasteiger charge is -2.09. The van der Waals surface area contributed by atoms with E-state index in [2.05, 4.69) is 12.1 Å². The summed E-state index contributed by atoms with van der Waals surface area (Å²) in [5.41, 5.74) is 4.02. The van der Waals surface area contributed by atoms with Gasteiger partial charge in [-0.25, -0.2) is 4.79 Å². The van der Waals surface area contributed by atoms with E-state index in [-0.39, 0.29) is 5.76 Å². The number of hydrogen-bond donors (Lipinski definition) is 0. The molecule has 134 valence electrons. The number of oxazole rings is 1. The molecule has 0 radical (unpaired) electrons. The summed E-state index contributed by atoms with van der Waals surface area (Å²) in [6.45, 7) is 0.619. The average Bonchev–Trinajstić information content (AvgIpc) is 3.06. The van der Waals surface area contributed by atoms with Crippen LogP contribution in [0.25, 0.3) is 22.6 Å². The molecule has 1 heterocycles. The summed E-state index contributed by atoms with van der Waals surface area (Å²) in [6, 6.07) is 30.1. The molecule has 0 fully saturated rings. The second kappa shape index (κ2) is 7.92. The Balaban J connectivity index is 1.70. The first kappa shape index (κ1) is 17.1. The molecular formula is C24H21NO2. The molecular weight excluding hydrogens is 334 g/mol. The molecule has 0 amide bonds. The van der Waals surface area contributed by atoms with Crippen LogP contribution >= 0.6 is 0 Å². The van der Waals surface area contributed by atoms with Crippen LogP contribution in [0.1, 0.15) is 12.0 Å². The number of nitrogens with zero attached hydrogens (tertiary/aromatic N) is 1. The highest BCUT2D eigenvalue weighted by Crippen LogP contribution is 2.31. The van der Waals surface area contributed by atoms with Gasteiger partial charge in [0, 0.05) is 17.7 Å². The van der Waals surface area contributed by atoms with Gasteiger partial charge >= 0.3 is 5.76 Å². The summed E-state index contributed by atoms with van der Waals surface area (Å²) in [6.07, 6.45) is 1.80. The van der Waals surface area contributed by atoms with E-state index in [1.165, 1.54) is 5.56 Å². The summed E-state index contributed by atoms with van der Waals surface area (Å²) in [4.78, 5) is 12.6. The number of aryl methyl sites for hydroxylation is 1. The molecule has 4 rings (SSSR count). The molecule has 0 aliphatic heterocycles. The lowest BCUT2D eigenvalue weighted by atomic mass is 10.1. The van der Waals surface area contributed by atoms with Crippen molar-refractivity contribution in [2.75, 3.05) is 0 Å². The Morgan fingerprint density at radius 1 is 0.704 bits per heavy atom. The third-order valence-electron chi connectivity index (χ3n) is 4.67. The molecule has 3 nitrogen and oxygen atoms in total. The molecule has 0 spiro atoms. The molecule has 0 atom stereocenters. The summed E-state index contributed by atoms with van der Waals surface area (Å²) < 4.78 is 7.46. The van der Waals surface area contributed by atoms with E-state index in [1.54, 1.807) is 4.57 Å². The minimum atomic E-state index is -0.305. The van der Waals surface area contributed by atoms with Crippen LogP contribution in [0.5, 0.6) is 0 Å². The van der Waals surface area contributed by atoms with Crippen molar-refractivity contribution in [1.29, 1.82) is 0 Å². The zero-order valence-corrected chi connectivity index (χ0v) is 15.0. The molecule has 4 aromatic rings. The van der Waals surface area contributed by atoms with Gasteiger partial charge < -0.3 is 4.42 Å². The summed E-state index contributed by atoms with van der Waals surface area (Å²) in [5.74, 6) is 0.326. The van der Waals surface area contributed by atoms with Crippen molar-refractivity contribution in [2.45, 2.75) is 19.4 Å². The standard InChI is InChI=1S/C24H21NO2/c26-24-25(18-10-13-19-11-4-1-5-12-19)22(20-14-6-2-7-15-20)23(27-24)21-16-8-3-9-17-21/h1-9,11-12,14-17H,10,13,18H2. The monoisotopic (exact) mass is 355 g/mol. The lowest BCUT2D eigenvalue weighted by Crippen LogP contribution is -2.16. The van der Waals surface area contributed by atoms with E-state index in [4.69, 9.17) is 4.42 Å². The molecule has 0 saturated heterocycles. The van der Waals surface area contributed by atoms with E-state index in [0.717, 1.165) is 29.7 Å². The van der Waals surface area contributed by atoms with Crippen LogP contribution < -0.4 is 5.76 Å². The maximum Gasteiger partial charge on any atom is 0.419 e. The SMILES string of the molecule is O=c1oc(-c2ccccc2)c(-c2ccccc2)n1CCCc1ccccc1. The second-order valence-electron chi connectivity index (χ2n) is 6.52. The van der Waals surface area contributed by atoms with E-state index < -0.39 is 0 Å². The largest absolute Gasteiger partial charge is 0.419 e. The molecule has 0 bridgehead atoms. The number of aromatic nitrogens is 1. The highest BCUT2D eigenvalue weighted by Gasteiger charge is 2.19. The first-order valence-electron chi connectivity index (χ1n) is 9.21. The van der Waals surface area contributed by atoms with Crippen LogP contribution in [-0.4, -0.2) is 4.57 Å². The van der Waals surface area contributed by atoms with Crippen molar-refractivity contribution in [1.82, 2.24) is 4.57 Å². The van der Waals surface area contributed by atoms with E-state index in [0.29, 0.717) is 12.3 Å². The predicted molar refractivity (Wildman–Crippen MR) is 109 cm³/mol. The Morgan fingerprint density at radius 2 is 1.26 bits per heavy atom. The summed E-state index contributed by atoms with van der Waals surface area (Å²) in [5, 5.41) is 0. The van der Waals surface area contributed by atoms with Crippen molar-refractivity contribution in [2.24, 2.45) is 0 Å². The zero-order valence-electron chi connectivity index (χ0n) is 15.0. The van der Waals surface area contributed by atoms with Crippen LogP contribution in [0, 0.1) is 0 Å². The third-order valence-corrected chi connectivity index (χ3v) is 4.67. The van der Waals surface area contributed by atoms with E-state index >= 15 is 0 Å². The molecule has 27 heavy (non-hydrogen) atoms. The van der Waals surface area contributed by atoms with Crippen LogP contribution in [-0.2, 0) is 13.0 Å². The van der Waals surface area contributed by atoms with Gasteiger partial charge in [0.1, 0.15) is 0 Å². The predicted octanol–water partition coefficient (Wildman–Crippen LogP) is 5.41. The molecule has 0 N–H and O–H groups in total. The van der Waals surface area contributed by atoms with Crippen molar-refractivity contribution < 1.29 is 4.42 Å². The fraction of sp³-hybridized carbons (Fsp3) is 0.125. The minimum absolute atomic E-state index is 0.305. The van der Waals surface area contributed by atoms with Gasteiger partial charge in [0.05, 0.1) is 5.69 Å². The van der Waals surface area contributed by atoms with Crippen LogP contribution in [0.4, 0.5) is 0 Å². The van der Waals surface area contributed by atoms with Gasteiger partial charge in [0.25, 0.3) is 0 Å². The van der Waals surface area contributed by atoms with Crippen LogP contribution in [0.3, 0.4) is 0 Å². The molecule has 0 unspecified atom stereocenters. The maximum atomic E-state index is 12.6. The topological polar surface area (TPSA) is 35.1 Å². The second-order valence-corrected chi connectivity index (χ2v) is 6.52. The maximum absolute atomic E-state index is 12.6. The highest BCUT2D eigenvalue weighted by molar-refractivity contribution is 5.77. The quantitative estimate of drug-likeness (QED) is 0.464. The molecule has 1 aromatic heterocycles. The van der Waals surface area contributed by atoms with Gasteiger partial charge in [0.15, 0.2) is 5.76 Å². The first-order chi connectivity index (χ1) is 13.3. The van der Waals surface area contributed by atoms with Gasteiger partial charge in [-0.05, 0) is 18.4 Å². The number of hydrogen-bond acceptors (Lipinski definition) is 2. The fourth-order valence-electron chi connectivity index (χ4n) is 3.36. The number of benzene rings is 3. The van der Waals surface area contributed by atoms with Crippen molar-refractivity contribution in [3.8, 4) is 22.6 Å². The van der Waals surface area contributed by atoms with Gasteiger partial charge in [0.2, 0.25) is 0 Å². The van der Waals surface area contributed by atoms with Gasteiger partial charge in [-0.3, -0.25) is 4.57 Å². The first-order valence-corrected chi connectivity index (χ1v) is 9.21. The van der Waals surface area contributed by atoms with Crippen molar-refractivity contribution in [3.05, 3.63) is 107 Å². The van der Waals surface area contributed by atoms with Gasteiger partial charge in [-0.2, -0.15) is 0 Å². The Hall–Kier alpha value is -3.33. The smallest absolute Gasteiger partial charge is 0.407 e. The van der Waals surface area contributed by atoms with Crippen LogP contribution in [0.2, 0.25) is 0 Å². The summed E-state index contributed by atoms with van der Waals surface area (Å²) in [7, 11) is 0. The Morgan fingerprint density at radius 3 is 1.89 bits per heavy atom. The van der Waals surface area contributed by atoms with E-state index in [9.17, 15) is 4.79 Å². The fourth-order valence-corrected chi connectivity index (χ4v) is 3.36. The van der Waals surface area contributed by atoms with Crippen molar-refractivity contribution in [3.63, 3.8) is 0 Å². The van der Waals surface area contributed by atoms with Gasteiger partial charge in [-0.15, -0.1) is 0 Å². The zero-order chi connectivity index (χ0) is 18.5. The highest BCUT2D eigenvalue weighted by atomic mass is 16.4.